The van der Waals surface area contributed by atoms with Crippen LogP contribution in [0.5, 0.6) is 0 Å². The summed E-state index contributed by atoms with van der Waals surface area (Å²) < 4.78 is 10.3. The first kappa shape index (κ1) is 16.6. The van der Waals surface area contributed by atoms with Crippen LogP contribution in [0.3, 0.4) is 0 Å². The fourth-order valence-electron chi connectivity index (χ4n) is 1.93. The number of unbranched alkanes of at least 4 members (excludes halogenated alkanes) is 1. The predicted octanol–water partition coefficient (Wildman–Crippen LogP) is 2.85. The molecule has 19 heavy (non-hydrogen) atoms. The number of nitrogens with zero attached hydrogens (tertiary/aromatic N) is 1. The van der Waals surface area contributed by atoms with Gasteiger partial charge in [-0.3, -0.25) is 0 Å². The molecule has 0 amide bonds. The van der Waals surface area contributed by atoms with Crippen LogP contribution in [0.2, 0.25) is 0 Å². The van der Waals surface area contributed by atoms with Crippen LogP contribution in [0.15, 0.2) is 0 Å². The average Bonchev–Trinajstić information content (AvgIpc) is 2.71. The van der Waals surface area contributed by atoms with Crippen molar-refractivity contribution in [3.8, 4) is 0 Å². The molecule has 1 aromatic heterocycles. The van der Waals surface area contributed by atoms with Gasteiger partial charge in [0.15, 0.2) is 0 Å². The SMILES string of the molecule is COCCOCCCCNC(C)c1sc(C)nc1C. The third-order valence-corrected chi connectivity index (χ3v) is 4.19. The summed E-state index contributed by atoms with van der Waals surface area (Å²) in [5.74, 6) is 0. The van der Waals surface area contributed by atoms with E-state index in [1.54, 1.807) is 18.4 Å². The lowest BCUT2D eigenvalue weighted by molar-refractivity contribution is 0.0687. The van der Waals surface area contributed by atoms with Crippen molar-refractivity contribution < 1.29 is 9.47 Å². The van der Waals surface area contributed by atoms with Crippen molar-refractivity contribution in [2.45, 2.75) is 39.7 Å². The first-order chi connectivity index (χ1) is 9.15. The smallest absolute Gasteiger partial charge is 0.0900 e. The van der Waals surface area contributed by atoms with E-state index in [-0.39, 0.29) is 0 Å². The van der Waals surface area contributed by atoms with Crippen LogP contribution in [0.25, 0.3) is 0 Å². The van der Waals surface area contributed by atoms with Crippen LogP contribution in [0.1, 0.15) is 41.4 Å². The summed E-state index contributed by atoms with van der Waals surface area (Å²) in [5.41, 5.74) is 1.16. The molecular formula is C14H26N2O2S. The number of aryl methyl sites for hydroxylation is 2. The molecule has 0 radical (unpaired) electrons. The van der Waals surface area contributed by atoms with Crippen LogP contribution in [-0.4, -0.2) is 38.5 Å². The summed E-state index contributed by atoms with van der Waals surface area (Å²) in [6.45, 7) is 9.56. The highest BCUT2D eigenvalue weighted by Crippen LogP contribution is 2.24. The van der Waals surface area contributed by atoms with Gasteiger partial charge >= 0.3 is 0 Å². The number of hydrogen-bond acceptors (Lipinski definition) is 5. The van der Waals surface area contributed by atoms with Gasteiger partial charge in [-0.05, 0) is 40.2 Å². The molecule has 1 rings (SSSR count). The zero-order valence-corrected chi connectivity index (χ0v) is 13.3. The highest BCUT2D eigenvalue weighted by Gasteiger charge is 2.11. The van der Waals surface area contributed by atoms with Gasteiger partial charge in [0.1, 0.15) is 0 Å². The van der Waals surface area contributed by atoms with E-state index in [9.17, 15) is 0 Å². The predicted molar refractivity (Wildman–Crippen MR) is 79.9 cm³/mol. The van der Waals surface area contributed by atoms with Gasteiger partial charge in [0.05, 0.1) is 23.9 Å². The zero-order valence-electron chi connectivity index (χ0n) is 12.5. The second-order valence-corrected chi connectivity index (χ2v) is 5.91. The van der Waals surface area contributed by atoms with E-state index < -0.39 is 0 Å². The van der Waals surface area contributed by atoms with Crippen LogP contribution in [-0.2, 0) is 9.47 Å². The van der Waals surface area contributed by atoms with E-state index in [0.29, 0.717) is 19.3 Å². The van der Waals surface area contributed by atoms with Crippen molar-refractivity contribution in [2.24, 2.45) is 0 Å². The Hall–Kier alpha value is -0.490. The summed E-state index contributed by atoms with van der Waals surface area (Å²) in [6.07, 6.45) is 2.22. The number of hydrogen-bond donors (Lipinski definition) is 1. The van der Waals surface area contributed by atoms with Gasteiger partial charge in [0.25, 0.3) is 0 Å². The summed E-state index contributed by atoms with van der Waals surface area (Å²) in [7, 11) is 1.69. The van der Waals surface area contributed by atoms with Crippen LogP contribution >= 0.6 is 11.3 Å². The van der Waals surface area contributed by atoms with E-state index in [1.165, 1.54) is 4.88 Å². The summed E-state index contributed by atoms with van der Waals surface area (Å²) in [5, 5.41) is 4.69. The van der Waals surface area contributed by atoms with Crippen LogP contribution < -0.4 is 5.32 Å². The van der Waals surface area contributed by atoms with Gasteiger partial charge in [-0.15, -0.1) is 11.3 Å². The van der Waals surface area contributed by atoms with E-state index in [2.05, 4.69) is 31.1 Å². The minimum Gasteiger partial charge on any atom is -0.382 e. The van der Waals surface area contributed by atoms with E-state index in [4.69, 9.17) is 9.47 Å². The molecule has 0 saturated carbocycles. The monoisotopic (exact) mass is 286 g/mol. The quantitative estimate of drug-likeness (QED) is 0.672. The lowest BCUT2D eigenvalue weighted by atomic mass is 10.2. The highest BCUT2D eigenvalue weighted by atomic mass is 32.1. The average molecular weight is 286 g/mol. The van der Waals surface area contributed by atoms with E-state index in [1.807, 2.05) is 0 Å². The third-order valence-electron chi connectivity index (χ3n) is 2.93. The Morgan fingerprint density at radius 2 is 2.00 bits per heavy atom. The molecule has 1 unspecified atom stereocenters. The molecule has 1 aromatic rings. The lowest BCUT2D eigenvalue weighted by Crippen LogP contribution is -2.20. The second-order valence-electron chi connectivity index (χ2n) is 4.67. The molecule has 0 aliphatic carbocycles. The third kappa shape index (κ3) is 6.47. The molecule has 0 aliphatic heterocycles. The van der Waals surface area contributed by atoms with Crippen molar-refractivity contribution in [1.29, 1.82) is 0 Å². The standard InChI is InChI=1S/C14H26N2O2S/c1-11(14-12(2)16-13(3)19-14)15-7-5-6-8-18-10-9-17-4/h11,15H,5-10H2,1-4H3. The molecule has 0 fully saturated rings. The number of ether oxygens (including phenoxy) is 2. The Labute approximate surface area is 120 Å². The molecule has 0 aliphatic rings. The highest BCUT2D eigenvalue weighted by molar-refractivity contribution is 7.11. The van der Waals surface area contributed by atoms with Crippen molar-refractivity contribution in [3.05, 3.63) is 15.6 Å². The number of methoxy groups -OCH3 is 1. The van der Waals surface area contributed by atoms with E-state index in [0.717, 1.165) is 36.7 Å². The molecule has 1 heterocycles. The van der Waals surface area contributed by atoms with Crippen LogP contribution in [0.4, 0.5) is 0 Å². The summed E-state index contributed by atoms with van der Waals surface area (Å²) in [4.78, 5) is 5.82. The van der Waals surface area contributed by atoms with Gasteiger partial charge in [0, 0.05) is 24.6 Å². The van der Waals surface area contributed by atoms with Crippen molar-refractivity contribution >= 4 is 11.3 Å². The van der Waals surface area contributed by atoms with Gasteiger partial charge in [-0.25, -0.2) is 4.98 Å². The number of rotatable bonds is 10. The minimum absolute atomic E-state index is 0.389. The van der Waals surface area contributed by atoms with Crippen molar-refractivity contribution in [3.63, 3.8) is 0 Å². The topological polar surface area (TPSA) is 43.4 Å². The summed E-state index contributed by atoms with van der Waals surface area (Å²) in [6, 6.07) is 0.389. The Kier molecular flexibility index (Phi) is 8.21. The molecule has 1 atom stereocenters. The lowest BCUT2D eigenvalue weighted by Gasteiger charge is -2.12. The van der Waals surface area contributed by atoms with Gasteiger partial charge in [-0.1, -0.05) is 0 Å². The zero-order chi connectivity index (χ0) is 14.1. The molecule has 0 aromatic carbocycles. The largest absolute Gasteiger partial charge is 0.382 e. The number of thiazole rings is 1. The van der Waals surface area contributed by atoms with E-state index >= 15 is 0 Å². The Bertz CT molecular complexity index is 355. The number of nitrogens with one attached hydrogen (secondary N) is 1. The first-order valence-corrected chi connectivity index (χ1v) is 7.70. The van der Waals surface area contributed by atoms with Gasteiger partial charge < -0.3 is 14.8 Å². The van der Waals surface area contributed by atoms with Crippen molar-refractivity contribution in [1.82, 2.24) is 10.3 Å². The normalized spacial score (nSPS) is 12.8. The second kappa shape index (κ2) is 9.42. The summed E-state index contributed by atoms with van der Waals surface area (Å²) >= 11 is 1.79. The molecule has 5 heteroatoms. The first-order valence-electron chi connectivity index (χ1n) is 6.89. The minimum atomic E-state index is 0.389. The maximum Gasteiger partial charge on any atom is 0.0900 e. The Morgan fingerprint density at radius 3 is 2.63 bits per heavy atom. The molecule has 1 N–H and O–H groups in total. The fourth-order valence-corrected chi connectivity index (χ4v) is 2.89. The van der Waals surface area contributed by atoms with Crippen molar-refractivity contribution in [2.75, 3.05) is 33.5 Å². The number of aromatic nitrogens is 1. The maximum absolute atomic E-state index is 5.43. The molecule has 0 spiro atoms. The van der Waals surface area contributed by atoms with Gasteiger partial charge in [-0.2, -0.15) is 0 Å². The molecule has 4 nitrogen and oxygen atoms in total. The maximum atomic E-state index is 5.43. The fraction of sp³-hybridized carbons (Fsp3) is 0.786. The molecule has 0 bridgehead atoms. The molecule has 0 saturated heterocycles. The van der Waals surface area contributed by atoms with Crippen LogP contribution in [0, 0.1) is 13.8 Å². The Balaban J connectivity index is 2.08. The van der Waals surface area contributed by atoms with Gasteiger partial charge in [0.2, 0.25) is 0 Å². The molecule has 110 valence electrons. The molecular weight excluding hydrogens is 260 g/mol. The Morgan fingerprint density at radius 1 is 1.21 bits per heavy atom.